The van der Waals surface area contributed by atoms with Gasteiger partial charge in [0.2, 0.25) is 0 Å². The fraction of sp³-hybridized carbons (Fsp3) is 0.278. The van der Waals surface area contributed by atoms with Crippen molar-refractivity contribution in [2.24, 2.45) is 7.05 Å². The molecule has 1 N–H and O–H groups in total. The van der Waals surface area contributed by atoms with Crippen molar-refractivity contribution in [3.8, 4) is 0 Å². The van der Waals surface area contributed by atoms with Gasteiger partial charge in [0.1, 0.15) is 0 Å². The Bertz CT molecular complexity index is 974. The summed E-state index contributed by atoms with van der Waals surface area (Å²) in [5.74, 6) is 0. The number of nitrogens with one attached hydrogen (secondary N) is 1. The average molecular weight is 324 g/mol. The van der Waals surface area contributed by atoms with Gasteiger partial charge in [0.25, 0.3) is 5.56 Å². The molecule has 0 atom stereocenters. The van der Waals surface area contributed by atoms with Crippen molar-refractivity contribution >= 4 is 10.9 Å². The van der Waals surface area contributed by atoms with E-state index in [2.05, 4.69) is 33.1 Å². The predicted octanol–water partition coefficient (Wildman–Crippen LogP) is 1.30. The third-order valence-corrected chi connectivity index (χ3v) is 4.14. The number of rotatable bonds is 5. The second-order valence-electron chi connectivity index (χ2n) is 6.00. The van der Waals surface area contributed by atoms with Crippen molar-refractivity contribution in [2.45, 2.75) is 13.0 Å². The second kappa shape index (κ2) is 6.80. The summed E-state index contributed by atoms with van der Waals surface area (Å²) in [4.78, 5) is 32.5. The SMILES string of the molecule is CN(CCc1c[nH]c(=O)n(C)c1=O)Cc1ccc2ncccc2c1. The highest BCUT2D eigenvalue weighted by Gasteiger charge is 2.07. The zero-order valence-electron chi connectivity index (χ0n) is 13.8. The maximum Gasteiger partial charge on any atom is 0.328 e. The second-order valence-corrected chi connectivity index (χ2v) is 6.00. The first-order chi connectivity index (χ1) is 11.5. The van der Waals surface area contributed by atoms with Gasteiger partial charge in [0.05, 0.1) is 5.52 Å². The minimum Gasteiger partial charge on any atom is -0.314 e. The normalized spacial score (nSPS) is 11.3. The molecule has 6 heteroatoms. The Labute approximate surface area is 139 Å². The average Bonchev–Trinajstić information content (AvgIpc) is 2.59. The topological polar surface area (TPSA) is 71.0 Å². The van der Waals surface area contributed by atoms with Crippen LogP contribution in [0.5, 0.6) is 0 Å². The van der Waals surface area contributed by atoms with Crippen molar-refractivity contribution in [3.63, 3.8) is 0 Å². The monoisotopic (exact) mass is 324 g/mol. The number of hydrogen-bond donors (Lipinski definition) is 1. The first kappa shape index (κ1) is 16.1. The smallest absolute Gasteiger partial charge is 0.314 e. The van der Waals surface area contributed by atoms with Crippen LogP contribution in [0.15, 0.2) is 52.3 Å². The lowest BCUT2D eigenvalue weighted by Gasteiger charge is -2.17. The summed E-state index contributed by atoms with van der Waals surface area (Å²) in [6.07, 6.45) is 3.90. The van der Waals surface area contributed by atoms with Crippen molar-refractivity contribution in [1.29, 1.82) is 0 Å². The molecule has 124 valence electrons. The van der Waals surface area contributed by atoms with Crippen molar-refractivity contribution in [3.05, 3.63) is 74.7 Å². The zero-order chi connectivity index (χ0) is 17.1. The van der Waals surface area contributed by atoms with Crippen LogP contribution in [0.25, 0.3) is 10.9 Å². The fourth-order valence-electron chi connectivity index (χ4n) is 2.72. The van der Waals surface area contributed by atoms with Crippen LogP contribution in [0.1, 0.15) is 11.1 Å². The van der Waals surface area contributed by atoms with Crippen molar-refractivity contribution in [2.75, 3.05) is 13.6 Å². The molecular weight excluding hydrogens is 304 g/mol. The minimum atomic E-state index is -0.387. The first-order valence-electron chi connectivity index (χ1n) is 7.84. The van der Waals surface area contributed by atoms with Gasteiger partial charge in [-0.2, -0.15) is 0 Å². The van der Waals surface area contributed by atoms with Crippen molar-refractivity contribution < 1.29 is 0 Å². The van der Waals surface area contributed by atoms with E-state index in [0.29, 0.717) is 12.0 Å². The number of hydrogen-bond acceptors (Lipinski definition) is 4. The lowest BCUT2D eigenvalue weighted by atomic mass is 10.1. The predicted molar refractivity (Wildman–Crippen MR) is 94.1 cm³/mol. The minimum absolute atomic E-state index is 0.232. The number of nitrogens with zero attached hydrogens (tertiary/aromatic N) is 3. The summed E-state index contributed by atoms with van der Waals surface area (Å²) in [6.45, 7) is 1.51. The summed E-state index contributed by atoms with van der Waals surface area (Å²) >= 11 is 0. The van der Waals surface area contributed by atoms with E-state index in [1.54, 1.807) is 6.20 Å². The van der Waals surface area contributed by atoms with Crippen LogP contribution >= 0.6 is 0 Å². The molecule has 0 radical (unpaired) electrons. The Balaban J connectivity index is 1.67. The highest BCUT2D eigenvalue weighted by Crippen LogP contribution is 2.14. The number of likely N-dealkylation sites (N-methyl/N-ethyl adjacent to an activating group) is 1. The molecule has 0 saturated carbocycles. The molecule has 0 spiro atoms. The van der Waals surface area contributed by atoms with E-state index in [0.717, 1.165) is 28.6 Å². The zero-order valence-corrected chi connectivity index (χ0v) is 13.8. The molecule has 2 heterocycles. The van der Waals surface area contributed by atoms with Gasteiger partial charge in [-0.3, -0.25) is 14.3 Å². The van der Waals surface area contributed by atoms with Crippen LogP contribution in [-0.4, -0.2) is 33.0 Å². The van der Waals surface area contributed by atoms with Gasteiger partial charge in [-0.1, -0.05) is 12.1 Å². The fourth-order valence-corrected chi connectivity index (χ4v) is 2.72. The summed E-state index contributed by atoms with van der Waals surface area (Å²) in [5.41, 5.74) is 2.19. The summed E-state index contributed by atoms with van der Waals surface area (Å²) in [7, 11) is 3.50. The van der Waals surface area contributed by atoms with E-state index in [-0.39, 0.29) is 11.2 Å². The summed E-state index contributed by atoms with van der Waals surface area (Å²) in [6, 6.07) is 10.2. The highest BCUT2D eigenvalue weighted by atomic mass is 16.2. The molecule has 1 aromatic carbocycles. The third-order valence-electron chi connectivity index (χ3n) is 4.14. The quantitative estimate of drug-likeness (QED) is 0.768. The Morgan fingerprint density at radius 2 is 2.08 bits per heavy atom. The van der Waals surface area contributed by atoms with E-state index in [1.165, 1.54) is 18.8 Å². The molecule has 0 aliphatic heterocycles. The highest BCUT2D eigenvalue weighted by molar-refractivity contribution is 5.78. The molecule has 3 aromatic rings. The van der Waals surface area contributed by atoms with Gasteiger partial charge >= 0.3 is 5.69 Å². The maximum absolute atomic E-state index is 12.0. The Hall–Kier alpha value is -2.73. The standard InChI is InChI=1S/C18H20N4O2/c1-21(9-7-15-11-20-18(24)22(2)17(15)23)12-13-5-6-16-14(10-13)4-3-8-19-16/h3-6,8,10-11H,7,9,12H2,1-2H3,(H,20,24). The molecule has 0 unspecified atom stereocenters. The van der Waals surface area contributed by atoms with Gasteiger partial charge in [-0.05, 0) is 37.2 Å². The number of H-pyrrole nitrogens is 1. The van der Waals surface area contributed by atoms with Gasteiger partial charge in [0, 0.05) is 43.5 Å². The van der Waals surface area contributed by atoms with Crippen molar-refractivity contribution in [1.82, 2.24) is 19.4 Å². The molecule has 0 amide bonds. The number of fused-ring (bicyclic) bond motifs is 1. The Morgan fingerprint density at radius 1 is 1.25 bits per heavy atom. The lowest BCUT2D eigenvalue weighted by Crippen LogP contribution is -2.35. The number of benzene rings is 1. The van der Waals surface area contributed by atoms with Crippen LogP contribution < -0.4 is 11.2 Å². The summed E-state index contributed by atoms with van der Waals surface area (Å²) in [5, 5.41) is 1.12. The van der Waals surface area contributed by atoms with E-state index >= 15 is 0 Å². The lowest BCUT2D eigenvalue weighted by molar-refractivity contribution is 0.330. The Kier molecular flexibility index (Phi) is 4.57. The van der Waals surface area contributed by atoms with Gasteiger partial charge in [-0.25, -0.2) is 4.79 Å². The van der Waals surface area contributed by atoms with E-state index < -0.39 is 0 Å². The van der Waals surface area contributed by atoms with E-state index in [4.69, 9.17) is 0 Å². The molecular formula is C18H20N4O2. The van der Waals surface area contributed by atoms with Crippen LogP contribution in [0, 0.1) is 0 Å². The molecule has 0 saturated heterocycles. The van der Waals surface area contributed by atoms with Crippen LogP contribution in [0.3, 0.4) is 0 Å². The largest absolute Gasteiger partial charge is 0.328 e. The molecule has 3 rings (SSSR count). The van der Waals surface area contributed by atoms with Gasteiger partial charge < -0.3 is 9.88 Å². The maximum atomic E-state index is 12.0. The molecule has 6 nitrogen and oxygen atoms in total. The van der Waals surface area contributed by atoms with E-state index in [1.807, 2.05) is 19.2 Å². The van der Waals surface area contributed by atoms with Gasteiger partial charge in [0.15, 0.2) is 0 Å². The van der Waals surface area contributed by atoms with Crippen LogP contribution in [0.2, 0.25) is 0 Å². The number of aromatic amines is 1. The van der Waals surface area contributed by atoms with Crippen LogP contribution in [0.4, 0.5) is 0 Å². The first-order valence-corrected chi connectivity index (χ1v) is 7.84. The molecule has 2 aromatic heterocycles. The molecule has 0 fully saturated rings. The summed E-state index contributed by atoms with van der Waals surface area (Å²) < 4.78 is 1.10. The molecule has 0 bridgehead atoms. The van der Waals surface area contributed by atoms with E-state index in [9.17, 15) is 9.59 Å². The molecule has 0 aliphatic rings. The van der Waals surface area contributed by atoms with Gasteiger partial charge in [-0.15, -0.1) is 0 Å². The number of aromatic nitrogens is 3. The molecule has 24 heavy (non-hydrogen) atoms. The number of pyridine rings is 1. The van der Waals surface area contributed by atoms with Crippen LogP contribution in [-0.2, 0) is 20.0 Å². The third kappa shape index (κ3) is 3.44. The Morgan fingerprint density at radius 3 is 2.92 bits per heavy atom. The molecule has 0 aliphatic carbocycles.